The predicted molar refractivity (Wildman–Crippen MR) is 126 cm³/mol. The number of carbonyl (C=O) groups excluding carboxylic acids is 1. The van der Waals surface area contributed by atoms with E-state index in [2.05, 4.69) is 27.7 Å². The van der Waals surface area contributed by atoms with Crippen molar-refractivity contribution in [2.24, 2.45) is 0 Å². The molecule has 3 aromatic rings. The third kappa shape index (κ3) is 4.56. The monoisotopic (exact) mass is 456 g/mol. The van der Waals surface area contributed by atoms with E-state index in [4.69, 9.17) is 21.1 Å². The number of nitrogens with one attached hydrogen (secondary N) is 1. The molecule has 2 aromatic carbocycles. The molecular formula is C24H25ClN2O3S. The van der Waals surface area contributed by atoms with Crippen molar-refractivity contribution in [2.75, 3.05) is 32.6 Å². The van der Waals surface area contributed by atoms with Crippen LogP contribution in [0.25, 0.3) is 0 Å². The Morgan fingerprint density at radius 3 is 2.68 bits per heavy atom. The third-order valence-electron chi connectivity index (χ3n) is 5.61. The minimum Gasteiger partial charge on any atom is -0.493 e. The molecule has 0 radical (unpaired) electrons. The molecule has 0 bridgehead atoms. The number of amides is 1. The van der Waals surface area contributed by atoms with Crippen LogP contribution in [0.2, 0.25) is 5.02 Å². The summed E-state index contributed by atoms with van der Waals surface area (Å²) in [4.78, 5) is 16.4. The Hall–Kier alpha value is -2.54. The molecule has 7 heteroatoms. The lowest BCUT2D eigenvalue weighted by atomic mass is 9.91. The summed E-state index contributed by atoms with van der Waals surface area (Å²) in [5.41, 5.74) is 4.10. The molecule has 1 atom stereocenters. The summed E-state index contributed by atoms with van der Waals surface area (Å²) in [5, 5.41) is 5.69. The number of fused-ring (bicyclic) bond motifs is 1. The van der Waals surface area contributed by atoms with Crippen LogP contribution in [0.1, 0.15) is 27.6 Å². The van der Waals surface area contributed by atoms with Crippen molar-refractivity contribution >= 4 is 34.5 Å². The van der Waals surface area contributed by atoms with Gasteiger partial charge in [0.25, 0.3) is 0 Å². The molecule has 1 aliphatic heterocycles. The van der Waals surface area contributed by atoms with Gasteiger partial charge in [-0.15, -0.1) is 11.3 Å². The molecule has 1 aromatic heterocycles. The minimum absolute atomic E-state index is 0.0187. The van der Waals surface area contributed by atoms with Gasteiger partial charge in [-0.3, -0.25) is 9.69 Å². The van der Waals surface area contributed by atoms with E-state index in [1.54, 1.807) is 31.6 Å². The molecule has 0 spiro atoms. The predicted octanol–water partition coefficient (Wildman–Crippen LogP) is 5.31. The lowest BCUT2D eigenvalue weighted by molar-refractivity contribution is -0.117. The maximum absolute atomic E-state index is 13.0. The average molecular weight is 457 g/mol. The van der Waals surface area contributed by atoms with Crippen LogP contribution >= 0.6 is 22.9 Å². The van der Waals surface area contributed by atoms with Crippen LogP contribution in [0.4, 0.5) is 5.69 Å². The highest BCUT2D eigenvalue weighted by molar-refractivity contribution is 7.10. The molecule has 0 fully saturated rings. The molecule has 1 amide bonds. The van der Waals surface area contributed by atoms with Crippen LogP contribution in [-0.4, -0.2) is 38.1 Å². The lowest BCUT2D eigenvalue weighted by Gasteiger charge is -2.37. The van der Waals surface area contributed by atoms with Crippen LogP contribution in [-0.2, 0) is 11.2 Å². The normalized spacial score (nSPS) is 15.9. The Bertz CT molecular complexity index is 1080. The highest BCUT2D eigenvalue weighted by Gasteiger charge is 2.32. The molecule has 2 heterocycles. The van der Waals surface area contributed by atoms with E-state index in [0.717, 1.165) is 35.5 Å². The van der Waals surface area contributed by atoms with Crippen molar-refractivity contribution in [2.45, 2.75) is 19.4 Å². The molecule has 31 heavy (non-hydrogen) atoms. The molecule has 162 valence electrons. The third-order valence-corrected chi connectivity index (χ3v) is 6.77. The van der Waals surface area contributed by atoms with E-state index in [1.807, 2.05) is 31.2 Å². The van der Waals surface area contributed by atoms with Crippen LogP contribution < -0.4 is 14.8 Å². The maximum Gasteiger partial charge on any atom is 0.238 e. The van der Waals surface area contributed by atoms with Crippen molar-refractivity contribution in [3.8, 4) is 11.5 Å². The van der Waals surface area contributed by atoms with Crippen LogP contribution in [0.5, 0.6) is 11.5 Å². The number of aryl methyl sites for hydroxylation is 1. The second kappa shape index (κ2) is 9.30. The first-order valence-corrected chi connectivity index (χ1v) is 11.3. The zero-order valence-corrected chi connectivity index (χ0v) is 19.3. The van der Waals surface area contributed by atoms with Crippen molar-refractivity contribution < 1.29 is 14.3 Å². The Balaban J connectivity index is 1.63. The van der Waals surface area contributed by atoms with Gasteiger partial charge in [0, 0.05) is 22.1 Å². The molecule has 1 N–H and O–H groups in total. The standard InChI is InChI=1S/C24H25ClN2O3S/c1-15-6-7-17(25)12-19(15)26-23(28)14-27-9-8-16-11-20(29-2)21(30-3)13-18(16)24(27)22-5-4-10-31-22/h4-7,10-13,24H,8-9,14H2,1-3H3,(H,26,28)/t24-/m1/s1. The summed E-state index contributed by atoms with van der Waals surface area (Å²) in [6.45, 7) is 3.01. The molecule has 0 saturated heterocycles. The second-order valence-electron chi connectivity index (χ2n) is 7.55. The molecule has 0 saturated carbocycles. The van der Waals surface area contributed by atoms with Gasteiger partial charge in [-0.25, -0.2) is 0 Å². The van der Waals surface area contributed by atoms with Gasteiger partial charge in [0.2, 0.25) is 5.91 Å². The molecule has 1 aliphatic rings. The highest BCUT2D eigenvalue weighted by atomic mass is 35.5. The Morgan fingerprint density at radius 2 is 1.97 bits per heavy atom. The smallest absolute Gasteiger partial charge is 0.238 e. The van der Waals surface area contributed by atoms with Gasteiger partial charge in [0.1, 0.15) is 0 Å². The summed E-state index contributed by atoms with van der Waals surface area (Å²) < 4.78 is 11.1. The summed E-state index contributed by atoms with van der Waals surface area (Å²) in [6, 6.07) is 13.8. The van der Waals surface area contributed by atoms with E-state index in [9.17, 15) is 4.79 Å². The van der Waals surface area contributed by atoms with E-state index < -0.39 is 0 Å². The van der Waals surface area contributed by atoms with Gasteiger partial charge >= 0.3 is 0 Å². The Kier molecular flexibility index (Phi) is 6.51. The number of hydrogen-bond donors (Lipinski definition) is 1. The van der Waals surface area contributed by atoms with Gasteiger partial charge in [-0.2, -0.15) is 0 Å². The summed E-state index contributed by atoms with van der Waals surface area (Å²) in [5.74, 6) is 1.37. The van der Waals surface area contributed by atoms with Crippen molar-refractivity contribution in [3.63, 3.8) is 0 Å². The SMILES string of the molecule is COc1cc2c(cc1OC)[C@H](c1cccs1)N(CC(=O)Nc1cc(Cl)ccc1C)CC2. The number of thiophene rings is 1. The van der Waals surface area contributed by atoms with Gasteiger partial charge in [0.05, 0.1) is 26.8 Å². The average Bonchev–Trinajstić information content (AvgIpc) is 3.29. The molecule has 0 unspecified atom stereocenters. The van der Waals surface area contributed by atoms with Crippen LogP contribution in [0.15, 0.2) is 47.8 Å². The zero-order chi connectivity index (χ0) is 22.0. The van der Waals surface area contributed by atoms with Crippen LogP contribution in [0.3, 0.4) is 0 Å². The number of nitrogens with zero attached hydrogens (tertiary/aromatic N) is 1. The number of halogens is 1. The van der Waals surface area contributed by atoms with Crippen molar-refractivity contribution in [1.82, 2.24) is 4.90 Å². The van der Waals surface area contributed by atoms with Gasteiger partial charge in [-0.05, 0) is 65.7 Å². The largest absolute Gasteiger partial charge is 0.493 e. The molecule has 4 rings (SSSR count). The first-order chi connectivity index (χ1) is 15.0. The van der Waals surface area contributed by atoms with Crippen molar-refractivity contribution in [1.29, 1.82) is 0 Å². The first-order valence-electron chi connectivity index (χ1n) is 10.1. The number of rotatable bonds is 6. The summed E-state index contributed by atoms with van der Waals surface area (Å²) >= 11 is 7.80. The molecule has 5 nitrogen and oxygen atoms in total. The Morgan fingerprint density at radius 1 is 1.19 bits per heavy atom. The second-order valence-corrected chi connectivity index (χ2v) is 8.97. The van der Waals surface area contributed by atoms with Crippen LogP contribution in [0, 0.1) is 6.92 Å². The number of ether oxygens (including phenoxy) is 2. The zero-order valence-electron chi connectivity index (χ0n) is 17.8. The fraction of sp³-hybridized carbons (Fsp3) is 0.292. The number of carbonyl (C=O) groups is 1. The van der Waals surface area contributed by atoms with E-state index in [-0.39, 0.29) is 18.5 Å². The highest BCUT2D eigenvalue weighted by Crippen LogP contribution is 2.42. The number of benzene rings is 2. The Labute approximate surface area is 191 Å². The quantitative estimate of drug-likeness (QED) is 0.545. The van der Waals surface area contributed by atoms with Gasteiger partial charge in [-0.1, -0.05) is 23.7 Å². The number of anilines is 1. The topological polar surface area (TPSA) is 50.8 Å². The fourth-order valence-corrected chi connectivity index (χ4v) is 5.10. The summed E-state index contributed by atoms with van der Waals surface area (Å²) in [6.07, 6.45) is 0.834. The van der Waals surface area contributed by atoms with E-state index >= 15 is 0 Å². The lowest BCUT2D eigenvalue weighted by Crippen LogP contribution is -2.41. The molecule has 0 aliphatic carbocycles. The fourth-order valence-electron chi connectivity index (χ4n) is 4.05. The number of hydrogen-bond acceptors (Lipinski definition) is 5. The summed E-state index contributed by atoms with van der Waals surface area (Å²) in [7, 11) is 3.30. The van der Waals surface area contributed by atoms with Crippen molar-refractivity contribution in [3.05, 3.63) is 74.4 Å². The van der Waals surface area contributed by atoms with E-state index in [0.29, 0.717) is 10.8 Å². The van der Waals surface area contributed by atoms with Gasteiger partial charge < -0.3 is 14.8 Å². The minimum atomic E-state index is -0.0594. The first kappa shape index (κ1) is 21.7. The number of methoxy groups -OCH3 is 2. The van der Waals surface area contributed by atoms with E-state index in [1.165, 1.54) is 10.4 Å². The van der Waals surface area contributed by atoms with Gasteiger partial charge in [0.15, 0.2) is 11.5 Å². The molecular weight excluding hydrogens is 432 g/mol. The maximum atomic E-state index is 13.0.